The minimum atomic E-state index is 0.700. The summed E-state index contributed by atoms with van der Waals surface area (Å²) in [5.41, 5.74) is 0. The maximum atomic E-state index is 5.29. The van der Waals surface area contributed by atoms with Crippen LogP contribution in [0.2, 0.25) is 0 Å². The molecule has 0 aromatic heterocycles. The highest BCUT2D eigenvalue weighted by Gasteiger charge is 2.24. The second-order valence-electron chi connectivity index (χ2n) is 4.21. The molecule has 1 saturated heterocycles. The highest BCUT2D eigenvalue weighted by atomic mass is 32.2. The number of rotatable bonds is 7. The van der Waals surface area contributed by atoms with Crippen molar-refractivity contribution < 1.29 is 0 Å². The first-order valence-electron chi connectivity index (χ1n) is 6.17. The monoisotopic (exact) mass is 225 g/mol. The molecular weight excluding hydrogens is 202 g/mol. The van der Waals surface area contributed by atoms with Gasteiger partial charge in [0.2, 0.25) is 0 Å². The fourth-order valence-corrected chi connectivity index (χ4v) is 3.53. The van der Waals surface area contributed by atoms with Crippen molar-refractivity contribution in [3.8, 4) is 12.3 Å². The molecule has 1 heterocycles. The lowest BCUT2D eigenvalue weighted by molar-refractivity contribution is 0.449. The third-order valence-electron chi connectivity index (χ3n) is 2.91. The van der Waals surface area contributed by atoms with Crippen LogP contribution in [0.15, 0.2) is 0 Å². The number of unbranched alkanes of at least 4 members (excludes halogenated alkanes) is 1. The Labute approximate surface area is 98.8 Å². The molecule has 1 fully saturated rings. The summed E-state index contributed by atoms with van der Waals surface area (Å²) in [4.78, 5) is 0. The molecule has 0 radical (unpaired) electrons. The highest BCUT2D eigenvalue weighted by Crippen LogP contribution is 2.30. The normalized spacial score (nSPS) is 22.5. The lowest BCUT2D eigenvalue weighted by atomic mass is 10.0. The molecule has 0 aromatic carbocycles. The van der Waals surface area contributed by atoms with Gasteiger partial charge in [0.15, 0.2) is 0 Å². The SMILES string of the molecule is C#CCCCC(NCCC)C1CCCS1. The van der Waals surface area contributed by atoms with Gasteiger partial charge in [-0.1, -0.05) is 6.92 Å². The van der Waals surface area contributed by atoms with Gasteiger partial charge in [-0.05, 0) is 44.4 Å². The molecule has 2 atom stereocenters. The largest absolute Gasteiger partial charge is 0.313 e. The topological polar surface area (TPSA) is 12.0 Å². The molecule has 0 amide bonds. The Bertz CT molecular complexity index is 191. The van der Waals surface area contributed by atoms with Crippen LogP contribution in [-0.4, -0.2) is 23.6 Å². The summed E-state index contributed by atoms with van der Waals surface area (Å²) >= 11 is 2.14. The Balaban J connectivity index is 2.27. The van der Waals surface area contributed by atoms with Gasteiger partial charge in [-0.3, -0.25) is 0 Å². The van der Waals surface area contributed by atoms with Gasteiger partial charge in [0.1, 0.15) is 0 Å². The minimum absolute atomic E-state index is 0.700. The van der Waals surface area contributed by atoms with Gasteiger partial charge in [0, 0.05) is 17.7 Å². The van der Waals surface area contributed by atoms with Crippen LogP contribution in [0.5, 0.6) is 0 Å². The van der Waals surface area contributed by atoms with Crippen molar-refractivity contribution in [2.24, 2.45) is 0 Å². The van der Waals surface area contributed by atoms with E-state index in [4.69, 9.17) is 6.42 Å². The molecule has 1 rings (SSSR count). The molecule has 1 aliphatic heterocycles. The van der Waals surface area contributed by atoms with Crippen LogP contribution in [0.25, 0.3) is 0 Å². The summed E-state index contributed by atoms with van der Waals surface area (Å²) in [7, 11) is 0. The molecule has 0 aliphatic carbocycles. The van der Waals surface area contributed by atoms with Crippen molar-refractivity contribution >= 4 is 11.8 Å². The molecule has 0 spiro atoms. The van der Waals surface area contributed by atoms with Crippen molar-refractivity contribution in [3.63, 3.8) is 0 Å². The summed E-state index contributed by atoms with van der Waals surface area (Å²) in [6.45, 7) is 3.38. The molecule has 0 aromatic rings. The Morgan fingerprint density at radius 2 is 2.47 bits per heavy atom. The summed E-state index contributed by atoms with van der Waals surface area (Å²) in [6.07, 6.45) is 12.7. The van der Waals surface area contributed by atoms with E-state index < -0.39 is 0 Å². The predicted octanol–water partition coefficient (Wildman–Crippen LogP) is 3.05. The van der Waals surface area contributed by atoms with Crippen molar-refractivity contribution in [1.29, 1.82) is 0 Å². The third kappa shape index (κ3) is 4.95. The van der Waals surface area contributed by atoms with E-state index in [-0.39, 0.29) is 0 Å². The molecule has 1 nitrogen and oxygen atoms in total. The van der Waals surface area contributed by atoms with E-state index in [9.17, 15) is 0 Å². The fraction of sp³-hybridized carbons (Fsp3) is 0.846. The third-order valence-corrected chi connectivity index (χ3v) is 4.42. The summed E-state index contributed by atoms with van der Waals surface area (Å²) in [5, 5.41) is 4.52. The average molecular weight is 225 g/mol. The zero-order valence-corrected chi connectivity index (χ0v) is 10.6. The first-order valence-corrected chi connectivity index (χ1v) is 7.21. The Morgan fingerprint density at radius 1 is 1.60 bits per heavy atom. The standard InChI is InChI=1S/C13H23NS/c1-3-5-6-8-12(14-10-4-2)13-9-7-11-15-13/h1,12-14H,4-11H2,2H3. The lowest BCUT2D eigenvalue weighted by Gasteiger charge is -2.23. The Hall–Kier alpha value is -0.130. The van der Waals surface area contributed by atoms with E-state index in [1.165, 1.54) is 37.9 Å². The van der Waals surface area contributed by atoms with E-state index in [2.05, 4.69) is 29.9 Å². The zero-order chi connectivity index (χ0) is 10.9. The number of hydrogen-bond acceptors (Lipinski definition) is 2. The first-order chi connectivity index (χ1) is 7.38. The summed E-state index contributed by atoms with van der Waals surface area (Å²) in [5.74, 6) is 4.09. The van der Waals surface area contributed by atoms with Gasteiger partial charge in [-0.2, -0.15) is 11.8 Å². The van der Waals surface area contributed by atoms with E-state index in [0.29, 0.717) is 6.04 Å². The Kier molecular flexibility index (Phi) is 6.96. The van der Waals surface area contributed by atoms with Gasteiger partial charge in [-0.25, -0.2) is 0 Å². The maximum absolute atomic E-state index is 5.29. The molecule has 15 heavy (non-hydrogen) atoms. The zero-order valence-electron chi connectivity index (χ0n) is 9.80. The van der Waals surface area contributed by atoms with Crippen LogP contribution >= 0.6 is 11.8 Å². The van der Waals surface area contributed by atoms with Gasteiger partial charge < -0.3 is 5.32 Å². The van der Waals surface area contributed by atoms with Crippen LogP contribution in [0.3, 0.4) is 0 Å². The fourth-order valence-electron chi connectivity index (χ4n) is 2.09. The minimum Gasteiger partial charge on any atom is -0.313 e. The predicted molar refractivity (Wildman–Crippen MR) is 70.2 cm³/mol. The van der Waals surface area contributed by atoms with Gasteiger partial charge in [-0.15, -0.1) is 12.3 Å². The molecule has 1 N–H and O–H groups in total. The van der Waals surface area contributed by atoms with Gasteiger partial charge in [0.05, 0.1) is 0 Å². The number of hydrogen-bond donors (Lipinski definition) is 1. The van der Waals surface area contributed by atoms with E-state index >= 15 is 0 Å². The maximum Gasteiger partial charge on any atom is 0.0201 e. The van der Waals surface area contributed by atoms with E-state index in [1.54, 1.807) is 0 Å². The van der Waals surface area contributed by atoms with Crippen molar-refractivity contribution in [1.82, 2.24) is 5.32 Å². The van der Waals surface area contributed by atoms with Gasteiger partial charge in [0.25, 0.3) is 0 Å². The van der Waals surface area contributed by atoms with E-state index in [1.807, 2.05) is 0 Å². The highest BCUT2D eigenvalue weighted by molar-refractivity contribution is 8.00. The molecule has 0 saturated carbocycles. The number of terminal acetylenes is 1. The molecule has 86 valence electrons. The molecule has 0 bridgehead atoms. The summed E-state index contributed by atoms with van der Waals surface area (Å²) in [6, 6.07) is 0.700. The van der Waals surface area contributed by atoms with Crippen molar-refractivity contribution in [2.45, 2.75) is 56.7 Å². The Morgan fingerprint density at radius 3 is 3.07 bits per heavy atom. The van der Waals surface area contributed by atoms with Gasteiger partial charge >= 0.3 is 0 Å². The second kappa shape index (κ2) is 8.07. The number of nitrogens with one attached hydrogen (secondary N) is 1. The molecule has 2 unspecified atom stereocenters. The van der Waals surface area contributed by atoms with Crippen molar-refractivity contribution in [2.75, 3.05) is 12.3 Å². The van der Waals surface area contributed by atoms with E-state index in [0.717, 1.165) is 18.2 Å². The van der Waals surface area contributed by atoms with Crippen LogP contribution in [0, 0.1) is 12.3 Å². The molecule has 1 aliphatic rings. The number of thioether (sulfide) groups is 1. The molecule has 2 heteroatoms. The lowest BCUT2D eigenvalue weighted by Crippen LogP contribution is -2.37. The van der Waals surface area contributed by atoms with Crippen molar-refractivity contribution in [3.05, 3.63) is 0 Å². The quantitative estimate of drug-likeness (QED) is 0.528. The average Bonchev–Trinajstić information content (AvgIpc) is 2.76. The second-order valence-corrected chi connectivity index (χ2v) is 5.56. The van der Waals surface area contributed by atoms with Crippen LogP contribution in [-0.2, 0) is 0 Å². The van der Waals surface area contributed by atoms with Crippen LogP contribution in [0.4, 0.5) is 0 Å². The molecular formula is C13H23NS. The van der Waals surface area contributed by atoms with Crippen LogP contribution in [0.1, 0.15) is 45.4 Å². The van der Waals surface area contributed by atoms with Crippen LogP contribution < -0.4 is 5.32 Å². The smallest absolute Gasteiger partial charge is 0.0201 e. The first kappa shape index (κ1) is 12.9. The summed E-state index contributed by atoms with van der Waals surface area (Å²) < 4.78 is 0.